The number of allylic oxidation sites excluding steroid dienone is 1. The summed E-state index contributed by atoms with van der Waals surface area (Å²) >= 11 is 0. The van der Waals surface area contributed by atoms with E-state index in [1.54, 1.807) is 0 Å². The van der Waals surface area contributed by atoms with E-state index in [1.165, 1.54) is 6.08 Å². The van der Waals surface area contributed by atoms with E-state index in [-0.39, 0.29) is 5.78 Å². The normalized spacial score (nSPS) is 9.00. The second kappa shape index (κ2) is 4.74. The molecule has 0 saturated heterocycles. The Labute approximate surface area is 52.1 Å². The molecule has 46 valence electrons. The molecule has 0 saturated carbocycles. The summed E-state index contributed by atoms with van der Waals surface area (Å²) in [6.07, 6.45) is 1.80. The van der Waals surface area contributed by atoms with Gasteiger partial charge in [0.2, 0.25) is 0 Å². The first kappa shape index (κ1) is 7.59. The number of ketones is 1. The lowest BCUT2D eigenvalue weighted by molar-refractivity contribution is -0.115. The minimum Gasteiger partial charge on any atom is -0.427 e. The zero-order valence-electron chi connectivity index (χ0n) is 5.02. The maximum atomic E-state index is 10.4. The van der Waals surface area contributed by atoms with Gasteiger partial charge in [-0.05, 0) is 6.08 Å². The highest BCUT2D eigenvalue weighted by Crippen LogP contribution is 1.82. The highest BCUT2D eigenvalue weighted by molar-refractivity contribution is 5.98. The van der Waals surface area contributed by atoms with Gasteiger partial charge in [-0.25, -0.2) is 0 Å². The van der Waals surface area contributed by atoms with Crippen LogP contribution in [0.5, 0.6) is 0 Å². The van der Waals surface area contributed by atoms with E-state index in [9.17, 15) is 4.79 Å². The fraction of sp³-hybridized carbons (Fsp3) is 0.400. The van der Waals surface area contributed by atoms with Crippen LogP contribution in [0.1, 0.15) is 6.42 Å². The van der Waals surface area contributed by atoms with Gasteiger partial charge in [0.15, 0.2) is 5.78 Å². The van der Waals surface area contributed by atoms with E-state index in [4.69, 9.17) is 4.43 Å². The van der Waals surface area contributed by atoms with Crippen LogP contribution in [0, 0.1) is 0 Å². The van der Waals surface area contributed by atoms with Crippen molar-refractivity contribution in [3.8, 4) is 0 Å². The van der Waals surface area contributed by atoms with E-state index in [0.717, 1.165) is 0 Å². The van der Waals surface area contributed by atoms with E-state index in [1.807, 2.05) is 0 Å². The minimum atomic E-state index is 0.0563. The molecule has 8 heavy (non-hydrogen) atoms. The molecule has 0 aromatic carbocycles. The van der Waals surface area contributed by atoms with Crippen molar-refractivity contribution in [2.24, 2.45) is 0 Å². The van der Waals surface area contributed by atoms with Crippen LogP contribution in [0.4, 0.5) is 0 Å². The zero-order valence-corrected chi connectivity index (χ0v) is 7.02. The van der Waals surface area contributed by atoms with Crippen molar-refractivity contribution in [1.82, 2.24) is 0 Å². The smallest absolute Gasteiger partial charge is 0.157 e. The monoisotopic (exact) mass is 130 g/mol. The van der Waals surface area contributed by atoms with Crippen LogP contribution >= 0.6 is 0 Å². The van der Waals surface area contributed by atoms with Crippen LogP contribution < -0.4 is 0 Å². The summed E-state index contributed by atoms with van der Waals surface area (Å²) in [6.45, 7) is 3.87. The second-order valence-electron chi connectivity index (χ2n) is 1.41. The van der Waals surface area contributed by atoms with Gasteiger partial charge in [-0.15, -0.1) is 0 Å². The predicted octanol–water partition coefficient (Wildman–Crippen LogP) is -0.571. The Morgan fingerprint density at radius 3 is 2.88 bits per heavy atom. The molecule has 0 aromatic heterocycles. The first-order chi connectivity index (χ1) is 3.81. The highest BCUT2D eigenvalue weighted by Gasteiger charge is 1.90. The van der Waals surface area contributed by atoms with Crippen LogP contribution in [0.25, 0.3) is 0 Å². The van der Waals surface area contributed by atoms with Crippen molar-refractivity contribution in [3.63, 3.8) is 0 Å². The predicted molar refractivity (Wildman–Crippen MR) is 35.7 cm³/mol. The largest absolute Gasteiger partial charge is 0.427 e. The zero-order chi connectivity index (χ0) is 6.41. The van der Waals surface area contributed by atoms with Gasteiger partial charge in [0, 0.05) is 13.0 Å². The van der Waals surface area contributed by atoms with E-state index >= 15 is 0 Å². The highest BCUT2D eigenvalue weighted by atomic mass is 28.2. The van der Waals surface area contributed by atoms with Crippen molar-refractivity contribution < 1.29 is 9.22 Å². The van der Waals surface area contributed by atoms with Crippen LogP contribution in [0.15, 0.2) is 12.7 Å². The fourth-order valence-electron chi connectivity index (χ4n) is 0.305. The van der Waals surface area contributed by atoms with Gasteiger partial charge in [0.05, 0.1) is 0 Å². The fourth-order valence-corrected chi connectivity index (χ4v) is 0.509. The molecular weight excluding hydrogens is 120 g/mol. The van der Waals surface area contributed by atoms with E-state index in [0.29, 0.717) is 23.5 Å². The summed E-state index contributed by atoms with van der Waals surface area (Å²) in [6, 6.07) is 0. The summed E-state index contributed by atoms with van der Waals surface area (Å²) in [5.41, 5.74) is 0. The Morgan fingerprint density at radius 1 is 1.88 bits per heavy atom. The number of rotatable bonds is 4. The second-order valence-corrected chi connectivity index (χ2v) is 1.99. The molecule has 0 aliphatic rings. The molecule has 0 bridgehead atoms. The first-order valence-corrected chi connectivity index (χ1v) is 3.27. The minimum absolute atomic E-state index is 0.0563. The van der Waals surface area contributed by atoms with Crippen LogP contribution in [-0.2, 0) is 9.22 Å². The Balaban J connectivity index is 3.11. The van der Waals surface area contributed by atoms with Gasteiger partial charge in [-0.3, -0.25) is 4.79 Å². The van der Waals surface area contributed by atoms with Crippen LogP contribution in [-0.4, -0.2) is 22.9 Å². The number of hydrogen-bond acceptors (Lipinski definition) is 2. The van der Waals surface area contributed by atoms with Gasteiger partial charge in [-0.2, -0.15) is 0 Å². The summed E-state index contributed by atoms with van der Waals surface area (Å²) in [7, 11) is 0.711. The van der Waals surface area contributed by atoms with Gasteiger partial charge >= 0.3 is 0 Å². The van der Waals surface area contributed by atoms with Crippen molar-refractivity contribution in [1.29, 1.82) is 0 Å². The van der Waals surface area contributed by atoms with E-state index in [2.05, 4.69) is 6.58 Å². The number of carbonyl (C=O) groups excluding carboxylic acids is 1. The molecule has 0 atom stereocenters. The van der Waals surface area contributed by atoms with Gasteiger partial charge in [0.25, 0.3) is 0 Å². The SMILES string of the molecule is C=CC(=O)CCO[SiH3]. The van der Waals surface area contributed by atoms with Crippen LogP contribution in [0.2, 0.25) is 0 Å². The molecular formula is C5H10O2Si. The third-order valence-electron chi connectivity index (χ3n) is 0.780. The molecule has 0 aliphatic carbocycles. The Kier molecular flexibility index (Phi) is 4.49. The third-order valence-corrected chi connectivity index (χ3v) is 1.19. The molecule has 3 heteroatoms. The Bertz CT molecular complexity index is 90.4. The van der Waals surface area contributed by atoms with Crippen molar-refractivity contribution in [2.75, 3.05) is 6.61 Å². The van der Waals surface area contributed by atoms with Crippen LogP contribution in [0.3, 0.4) is 0 Å². The molecule has 0 aromatic rings. The lowest BCUT2D eigenvalue weighted by atomic mass is 10.3. The van der Waals surface area contributed by atoms with E-state index < -0.39 is 0 Å². The number of hydrogen-bond donors (Lipinski definition) is 0. The number of carbonyl (C=O) groups is 1. The average molecular weight is 130 g/mol. The molecule has 0 N–H and O–H groups in total. The third kappa shape index (κ3) is 3.77. The topological polar surface area (TPSA) is 26.3 Å². The van der Waals surface area contributed by atoms with Crippen molar-refractivity contribution in [2.45, 2.75) is 6.42 Å². The van der Waals surface area contributed by atoms with Crippen molar-refractivity contribution >= 4 is 16.3 Å². The molecule has 0 rings (SSSR count). The Morgan fingerprint density at radius 2 is 2.50 bits per heavy atom. The first-order valence-electron chi connectivity index (χ1n) is 2.45. The summed E-state index contributed by atoms with van der Waals surface area (Å²) < 4.78 is 4.78. The molecule has 0 spiro atoms. The standard InChI is InChI=1S/C5H10O2Si/c1-2-5(6)3-4-7-8/h2H,1,3-4H2,8H3. The quantitative estimate of drug-likeness (QED) is 0.376. The Hall–Kier alpha value is -0.413. The lowest BCUT2D eigenvalue weighted by Gasteiger charge is -1.91. The molecule has 0 fully saturated rings. The molecule has 0 amide bonds. The molecule has 0 aliphatic heterocycles. The summed E-state index contributed by atoms with van der Waals surface area (Å²) in [4.78, 5) is 10.4. The molecule has 0 heterocycles. The van der Waals surface area contributed by atoms with Gasteiger partial charge in [-0.1, -0.05) is 6.58 Å². The average Bonchev–Trinajstić information content (AvgIpc) is 1.83. The summed E-state index contributed by atoms with van der Waals surface area (Å²) in [5.74, 6) is 0.0563. The molecule has 0 unspecified atom stereocenters. The van der Waals surface area contributed by atoms with Gasteiger partial charge in [0.1, 0.15) is 10.5 Å². The lowest BCUT2D eigenvalue weighted by Crippen LogP contribution is -1.98. The van der Waals surface area contributed by atoms with Gasteiger partial charge < -0.3 is 4.43 Å². The summed E-state index contributed by atoms with van der Waals surface area (Å²) in [5, 5.41) is 0. The molecule has 2 nitrogen and oxygen atoms in total. The maximum Gasteiger partial charge on any atom is 0.157 e. The maximum absolute atomic E-state index is 10.4. The molecule has 0 radical (unpaired) electrons. The van der Waals surface area contributed by atoms with Crippen molar-refractivity contribution in [3.05, 3.63) is 12.7 Å².